The highest BCUT2D eigenvalue weighted by Gasteiger charge is 2.16. The number of hydrogen-bond donors (Lipinski definition) is 2. The summed E-state index contributed by atoms with van der Waals surface area (Å²) in [6.07, 6.45) is 0. The van der Waals surface area contributed by atoms with Crippen molar-refractivity contribution in [1.29, 1.82) is 0 Å². The van der Waals surface area contributed by atoms with Crippen molar-refractivity contribution in [2.24, 2.45) is 0 Å². The van der Waals surface area contributed by atoms with Gasteiger partial charge in [0.2, 0.25) is 5.76 Å². The molecule has 7 nitrogen and oxygen atoms in total. The minimum absolute atomic E-state index is 0.219. The number of aromatic amines is 1. The third-order valence-corrected chi connectivity index (χ3v) is 3.09. The first kappa shape index (κ1) is 14.0. The SMILES string of the molecule is Cc1nc(-c2cccc(NC(=O)c3oc(C)nc3C)c2)n[nH]1. The Morgan fingerprint density at radius 1 is 1.23 bits per heavy atom. The van der Waals surface area contributed by atoms with Crippen molar-refractivity contribution in [1.82, 2.24) is 20.2 Å². The number of amides is 1. The number of carbonyl (C=O) groups excluding carboxylic acids is 1. The number of nitrogens with zero attached hydrogens (tertiary/aromatic N) is 3. The van der Waals surface area contributed by atoms with Crippen LogP contribution in [0.5, 0.6) is 0 Å². The average molecular weight is 297 g/mol. The lowest BCUT2D eigenvalue weighted by molar-refractivity contribution is 0.0994. The minimum Gasteiger partial charge on any atom is -0.436 e. The summed E-state index contributed by atoms with van der Waals surface area (Å²) in [4.78, 5) is 20.6. The largest absolute Gasteiger partial charge is 0.436 e. The monoisotopic (exact) mass is 297 g/mol. The van der Waals surface area contributed by atoms with Gasteiger partial charge < -0.3 is 9.73 Å². The summed E-state index contributed by atoms with van der Waals surface area (Å²) in [7, 11) is 0. The molecule has 7 heteroatoms. The quantitative estimate of drug-likeness (QED) is 0.774. The first-order valence-corrected chi connectivity index (χ1v) is 6.78. The molecule has 0 aliphatic rings. The molecule has 0 aliphatic carbocycles. The maximum Gasteiger partial charge on any atom is 0.293 e. The number of H-pyrrole nitrogens is 1. The predicted octanol–water partition coefficient (Wildman–Crippen LogP) is 2.64. The Morgan fingerprint density at radius 3 is 2.68 bits per heavy atom. The van der Waals surface area contributed by atoms with Crippen molar-refractivity contribution in [3.05, 3.63) is 47.4 Å². The van der Waals surface area contributed by atoms with Gasteiger partial charge in [0, 0.05) is 18.2 Å². The second-order valence-electron chi connectivity index (χ2n) is 4.93. The lowest BCUT2D eigenvalue weighted by Crippen LogP contribution is -2.12. The molecule has 0 bridgehead atoms. The van der Waals surface area contributed by atoms with Gasteiger partial charge in [-0.05, 0) is 26.0 Å². The highest BCUT2D eigenvalue weighted by atomic mass is 16.4. The summed E-state index contributed by atoms with van der Waals surface area (Å²) >= 11 is 0. The highest BCUT2D eigenvalue weighted by Crippen LogP contribution is 2.20. The molecule has 112 valence electrons. The van der Waals surface area contributed by atoms with Gasteiger partial charge in [-0.1, -0.05) is 12.1 Å². The fourth-order valence-electron chi connectivity index (χ4n) is 2.14. The van der Waals surface area contributed by atoms with Gasteiger partial charge >= 0.3 is 0 Å². The van der Waals surface area contributed by atoms with Crippen molar-refractivity contribution < 1.29 is 9.21 Å². The molecule has 22 heavy (non-hydrogen) atoms. The van der Waals surface area contributed by atoms with Crippen LogP contribution < -0.4 is 5.32 Å². The Kier molecular flexibility index (Phi) is 3.46. The molecule has 0 saturated heterocycles. The normalized spacial score (nSPS) is 10.7. The molecule has 3 rings (SSSR count). The molecule has 0 fully saturated rings. The molecular formula is C15H15N5O2. The summed E-state index contributed by atoms with van der Waals surface area (Å²) in [5, 5.41) is 9.69. The Labute approximate surface area is 126 Å². The van der Waals surface area contributed by atoms with Crippen LogP contribution in [0.4, 0.5) is 5.69 Å². The molecular weight excluding hydrogens is 282 g/mol. The predicted molar refractivity (Wildman–Crippen MR) is 80.5 cm³/mol. The van der Waals surface area contributed by atoms with E-state index in [4.69, 9.17) is 4.42 Å². The van der Waals surface area contributed by atoms with Crippen LogP contribution in [0.2, 0.25) is 0 Å². The van der Waals surface area contributed by atoms with Crippen LogP contribution in [0, 0.1) is 20.8 Å². The minimum atomic E-state index is -0.332. The third kappa shape index (κ3) is 2.73. The summed E-state index contributed by atoms with van der Waals surface area (Å²) < 4.78 is 5.31. The van der Waals surface area contributed by atoms with Crippen LogP contribution >= 0.6 is 0 Å². The molecule has 1 aromatic carbocycles. The molecule has 0 spiro atoms. The number of nitrogens with one attached hydrogen (secondary N) is 2. The first-order valence-electron chi connectivity index (χ1n) is 6.78. The van der Waals surface area contributed by atoms with Crippen LogP contribution in [-0.2, 0) is 0 Å². The summed E-state index contributed by atoms with van der Waals surface area (Å²) in [6, 6.07) is 7.30. The third-order valence-electron chi connectivity index (χ3n) is 3.09. The second kappa shape index (κ2) is 5.44. The smallest absolute Gasteiger partial charge is 0.293 e. The average Bonchev–Trinajstić information content (AvgIpc) is 3.05. The van der Waals surface area contributed by atoms with Gasteiger partial charge in [0.1, 0.15) is 5.82 Å². The molecule has 0 unspecified atom stereocenters. The Balaban J connectivity index is 1.84. The number of carbonyl (C=O) groups is 1. The van der Waals surface area contributed by atoms with E-state index in [0.29, 0.717) is 23.1 Å². The zero-order valence-electron chi connectivity index (χ0n) is 12.5. The van der Waals surface area contributed by atoms with E-state index in [0.717, 1.165) is 11.4 Å². The number of hydrogen-bond acceptors (Lipinski definition) is 5. The maximum atomic E-state index is 12.2. The van der Waals surface area contributed by atoms with Gasteiger partial charge in [-0.25, -0.2) is 9.97 Å². The number of oxazole rings is 1. The van der Waals surface area contributed by atoms with Gasteiger partial charge in [-0.15, -0.1) is 0 Å². The van der Waals surface area contributed by atoms with E-state index in [1.807, 2.05) is 19.1 Å². The van der Waals surface area contributed by atoms with Crippen LogP contribution in [0.1, 0.15) is 28.0 Å². The van der Waals surface area contributed by atoms with Crippen molar-refractivity contribution in [2.45, 2.75) is 20.8 Å². The van der Waals surface area contributed by atoms with Crippen molar-refractivity contribution >= 4 is 11.6 Å². The zero-order valence-corrected chi connectivity index (χ0v) is 12.5. The summed E-state index contributed by atoms with van der Waals surface area (Å²) in [6.45, 7) is 5.27. The fourth-order valence-corrected chi connectivity index (χ4v) is 2.14. The Bertz CT molecular complexity index is 834. The van der Waals surface area contributed by atoms with Crippen molar-refractivity contribution in [2.75, 3.05) is 5.32 Å². The van der Waals surface area contributed by atoms with Crippen LogP contribution in [-0.4, -0.2) is 26.1 Å². The first-order chi connectivity index (χ1) is 10.5. The van der Waals surface area contributed by atoms with Gasteiger partial charge in [-0.3, -0.25) is 9.89 Å². The topological polar surface area (TPSA) is 96.7 Å². The van der Waals surface area contributed by atoms with E-state index in [2.05, 4.69) is 25.5 Å². The molecule has 0 radical (unpaired) electrons. The number of aromatic nitrogens is 4. The molecule has 3 aromatic rings. The van der Waals surface area contributed by atoms with E-state index in [-0.39, 0.29) is 11.7 Å². The summed E-state index contributed by atoms with van der Waals surface area (Å²) in [5.74, 6) is 1.67. The molecule has 1 amide bonds. The van der Waals surface area contributed by atoms with E-state index >= 15 is 0 Å². The fraction of sp³-hybridized carbons (Fsp3) is 0.200. The molecule has 2 aromatic heterocycles. The van der Waals surface area contributed by atoms with Gasteiger partial charge in [-0.2, -0.15) is 5.10 Å². The van der Waals surface area contributed by atoms with E-state index < -0.39 is 0 Å². The highest BCUT2D eigenvalue weighted by molar-refractivity contribution is 6.03. The van der Waals surface area contributed by atoms with E-state index in [9.17, 15) is 4.79 Å². The Morgan fingerprint density at radius 2 is 2.05 bits per heavy atom. The number of aryl methyl sites for hydroxylation is 3. The molecule has 0 saturated carbocycles. The van der Waals surface area contributed by atoms with Crippen molar-refractivity contribution in [3.63, 3.8) is 0 Å². The Hall–Kier alpha value is -2.96. The van der Waals surface area contributed by atoms with Gasteiger partial charge in [0.05, 0.1) is 5.69 Å². The summed E-state index contributed by atoms with van der Waals surface area (Å²) in [5.41, 5.74) is 2.02. The molecule has 0 atom stereocenters. The van der Waals surface area contributed by atoms with E-state index in [1.54, 1.807) is 26.0 Å². The number of rotatable bonds is 3. The lowest BCUT2D eigenvalue weighted by Gasteiger charge is -2.04. The maximum absolute atomic E-state index is 12.2. The number of anilines is 1. The van der Waals surface area contributed by atoms with Crippen molar-refractivity contribution in [3.8, 4) is 11.4 Å². The van der Waals surface area contributed by atoms with Crippen LogP contribution in [0.25, 0.3) is 11.4 Å². The molecule has 0 aliphatic heterocycles. The standard InChI is InChI=1S/C15H15N5O2/c1-8-13(22-10(3)16-8)15(21)18-12-6-4-5-11(7-12)14-17-9(2)19-20-14/h4-7H,1-3H3,(H,18,21)(H,17,19,20). The van der Waals surface area contributed by atoms with E-state index in [1.165, 1.54) is 0 Å². The molecule has 2 N–H and O–H groups in total. The lowest BCUT2D eigenvalue weighted by atomic mass is 10.2. The molecule has 2 heterocycles. The zero-order chi connectivity index (χ0) is 15.7. The second-order valence-corrected chi connectivity index (χ2v) is 4.93. The van der Waals surface area contributed by atoms with Crippen LogP contribution in [0.15, 0.2) is 28.7 Å². The van der Waals surface area contributed by atoms with Crippen LogP contribution in [0.3, 0.4) is 0 Å². The van der Waals surface area contributed by atoms with Gasteiger partial charge in [0.25, 0.3) is 5.91 Å². The van der Waals surface area contributed by atoms with Gasteiger partial charge in [0.15, 0.2) is 11.7 Å². The number of benzene rings is 1.